The molecule has 0 saturated carbocycles. The Kier molecular flexibility index (Phi) is 4.38. The molecule has 1 aliphatic rings. The van der Waals surface area contributed by atoms with E-state index in [4.69, 9.17) is 0 Å². The number of aromatic nitrogens is 3. The van der Waals surface area contributed by atoms with Gasteiger partial charge < -0.3 is 10.2 Å². The normalized spacial score (nSPS) is 17.2. The van der Waals surface area contributed by atoms with Gasteiger partial charge in [-0.05, 0) is 24.1 Å². The molecule has 1 fully saturated rings. The molecule has 4 rings (SSSR count). The van der Waals surface area contributed by atoms with Gasteiger partial charge in [-0.2, -0.15) is 0 Å². The van der Waals surface area contributed by atoms with E-state index in [0.29, 0.717) is 6.04 Å². The van der Waals surface area contributed by atoms with Gasteiger partial charge in [0.05, 0.1) is 0 Å². The molecule has 24 heavy (non-hydrogen) atoms. The molecule has 3 heterocycles. The Labute approximate surface area is 145 Å². The van der Waals surface area contributed by atoms with Crippen LogP contribution in [0.15, 0.2) is 54.7 Å². The van der Waals surface area contributed by atoms with Gasteiger partial charge in [0.2, 0.25) is 5.13 Å². The molecule has 1 saturated heterocycles. The van der Waals surface area contributed by atoms with Crippen LogP contribution in [0.25, 0.3) is 0 Å². The van der Waals surface area contributed by atoms with E-state index < -0.39 is 0 Å². The number of benzene rings is 1. The van der Waals surface area contributed by atoms with Gasteiger partial charge in [0.25, 0.3) is 0 Å². The monoisotopic (exact) mass is 337 g/mol. The third kappa shape index (κ3) is 3.54. The number of hydrogen-bond donors (Lipinski definition) is 1. The number of pyridine rings is 1. The van der Waals surface area contributed by atoms with Gasteiger partial charge in [-0.25, -0.2) is 4.98 Å². The molecule has 2 aromatic heterocycles. The highest BCUT2D eigenvalue weighted by atomic mass is 32.1. The van der Waals surface area contributed by atoms with Crippen LogP contribution in [0.3, 0.4) is 0 Å². The van der Waals surface area contributed by atoms with Crippen molar-refractivity contribution < 1.29 is 0 Å². The van der Waals surface area contributed by atoms with Gasteiger partial charge in [-0.3, -0.25) is 0 Å². The van der Waals surface area contributed by atoms with Gasteiger partial charge >= 0.3 is 0 Å². The summed E-state index contributed by atoms with van der Waals surface area (Å²) in [5.41, 5.74) is 1.27. The van der Waals surface area contributed by atoms with E-state index in [-0.39, 0.29) is 0 Å². The van der Waals surface area contributed by atoms with E-state index >= 15 is 0 Å². The Morgan fingerprint density at radius 2 is 1.96 bits per heavy atom. The van der Waals surface area contributed by atoms with Crippen molar-refractivity contribution in [2.45, 2.75) is 18.9 Å². The molecular formula is C18H19N5S. The van der Waals surface area contributed by atoms with Gasteiger partial charge in [0, 0.05) is 31.7 Å². The summed E-state index contributed by atoms with van der Waals surface area (Å²) in [6.45, 7) is 1.97. The maximum Gasteiger partial charge on any atom is 0.205 e. The lowest BCUT2D eigenvalue weighted by Gasteiger charge is -2.17. The predicted molar refractivity (Wildman–Crippen MR) is 97.6 cm³/mol. The molecule has 1 aromatic carbocycles. The lowest BCUT2D eigenvalue weighted by atomic mass is 10.2. The number of nitrogens with one attached hydrogen (secondary N) is 1. The molecule has 3 aromatic rings. The second kappa shape index (κ2) is 6.97. The van der Waals surface area contributed by atoms with Crippen molar-refractivity contribution in [3.8, 4) is 0 Å². The van der Waals surface area contributed by atoms with E-state index in [9.17, 15) is 0 Å². The van der Waals surface area contributed by atoms with Crippen LogP contribution < -0.4 is 10.2 Å². The fraction of sp³-hybridized carbons (Fsp3) is 0.278. The molecule has 0 aliphatic carbocycles. The van der Waals surface area contributed by atoms with Crippen molar-refractivity contribution in [2.24, 2.45) is 0 Å². The first-order valence-corrected chi connectivity index (χ1v) is 8.97. The van der Waals surface area contributed by atoms with Crippen molar-refractivity contribution in [3.05, 3.63) is 65.3 Å². The second-order valence-electron chi connectivity index (χ2n) is 5.93. The SMILES string of the molecule is c1ccc(Cc2nnc(NC3CCN(c4ccccn4)C3)s2)cc1. The molecule has 122 valence electrons. The Morgan fingerprint density at radius 1 is 1.08 bits per heavy atom. The third-order valence-electron chi connectivity index (χ3n) is 4.15. The van der Waals surface area contributed by atoms with E-state index in [2.05, 4.69) is 55.7 Å². The van der Waals surface area contributed by atoms with Crippen LogP contribution in [0.1, 0.15) is 17.0 Å². The first-order chi connectivity index (χ1) is 11.9. The first-order valence-electron chi connectivity index (χ1n) is 8.15. The molecule has 0 spiro atoms. The van der Waals surface area contributed by atoms with E-state index in [1.807, 2.05) is 24.4 Å². The Balaban J connectivity index is 1.35. The van der Waals surface area contributed by atoms with E-state index in [1.54, 1.807) is 11.3 Å². The zero-order valence-corrected chi connectivity index (χ0v) is 14.1. The highest BCUT2D eigenvalue weighted by molar-refractivity contribution is 7.15. The van der Waals surface area contributed by atoms with Crippen LogP contribution in [0.4, 0.5) is 10.9 Å². The molecule has 6 heteroatoms. The van der Waals surface area contributed by atoms with Crippen molar-refractivity contribution >= 4 is 22.3 Å². The lowest BCUT2D eigenvalue weighted by Crippen LogP contribution is -2.26. The van der Waals surface area contributed by atoms with E-state index in [1.165, 1.54) is 5.56 Å². The topological polar surface area (TPSA) is 53.9 Å². The summed E-state index contributed by atoms with van der Waals surface area (Å²) in [5, 5.41) is 14.1. The van der Waals surface area contributed by atoms with Gasteiger partial charge in [0.15, 0.2) is 0 Å². The maximum atomic E-state index is 4.43. The first kappa shape index (κ1) is 15.1. The largest absolute Gasteiger partial charge is 0.355 e. The second-order valence-corrected chi connectivity index (χ2v) is 6.99. The summed E-state index contributed by atoms with van der Waals surface area (Å²) >= 11 is 1.64. The fourth-order valence-corrected chi connectivity index (χ4v) is 3.81. The highest BCUT2D eigenvalue weighted by Gasteiger charge is 2.24. The molecule has 1 aliphatic heterocycles. The van der Waals surface area contributed by atoms with Crippen molar-refractivity contribution in [2.75, 3.05) is 23.3 Å². The summed E-state index contributed by atoms with van der Waals surface area (Å²) in [6, 6.07) is 16.8. The average molecular weight is 337 g/mol. The quantitative estimate of drug-likeness (QED) is 0.775. The Hall–Kier alpha value is -2.47. The summed E-state index contributed by atoms with van der Waals surface area (Å²) < 4.78 is 0. The van der Waals surface area contributed by atoms with Gasteiger partial charge in [-0.1, -0.05) is 47.7 Å². The molecule has 0 bridgehead atoms. The van der Waals surface area contributed by atoms with Crippen LogP contribution in [0.5, 0.6) is 0 Å². The van der Waals surface area contributed by atoms with E-state index in [0.717, 1.165) is 41.9 Å². The Bertz CT molecular complexity index is 774. The van der Waals surface area contributed by atoms with Crippen molar-refractivity contribution in [1.82, 2.24) is 15.2 Å². The molecule has 1 atom stereocenters. The van der Waals surface area contributed by atoms with Crippen LogP contribution in [0.2, 0.25) is 0 Å². The zero-order valence-electron chi connectivity index (χ0n) is 13.3. The standard InChI is InChI=1S/C18H19N5S/c1-2-6-14(7-3-1)12-17-21-22-18(24-17)20-15-9-11-23(13-15)16-8-4-5-10-19-16/h1-8,10,15H,9,11-13H2,(H,20,22). The predicted octanol–water partition coefficient (Wildman–Crippen LogP) is 3.21. The number of rotatable bonds is 5. The number of anilines is 2. The summed E-state index contributed by atoms with van der Waals surface area (Å²) in [5.74, 6) is 1.05. The minimum absolute atomic E-state index is 0.393. The molecule has 0 amide bonds. The van der Waals surface area contributed by atoms with Crippen molar-refractivity contribution in [3.63, 3.8) is 0 Å². The molecular weight excluding hydrogens is 318 g/mol. The molecule has 1 N–H and O–H groups in total. The number of hydrogen-bond acceptors (Lipinski definition) is 6. The fourth-order valence-electron chi connectivity index (χ4n) is 2.96. The van der Waals surface area contributed by atoms with Crippen LogP contribution in [0, 0.1) is 0 Å². The maximum absolute atomic E-state index is 4.43. The minimum atomic E-state index is 0.393. The van der Waals surface area contributed by atoms with Crippen LogP contribution in [-0.4, -0.2) is 34.3 Å². The van der Waals surface area contributed by atoms with Crippen LogP contribution >= 0.6 is 11.3 Å². The third-order valence-corrected chi connectivity index (χ3v) is 5.01. The zero-order chi connectivity index (χ0) is 16.2. The highest BCUT2D eigenvalue weighted by Crippen LogP contribution is 2.23. The van der Waals surface area contributed by atoms with Gasteiger partial charge in [0.1, 0.15) is 10.8 Å². The van der Waals surface area contributed by atoms with Gasteiger partial charge in [-0.15, -0.1) is 10.2 Å². The summed E-state index contributed by atoms with van der Waals surface area (Å²) in [6.07, 6.45) is 3.77. The smallest absolute Gasteiger partial charge is 0.205 e. The number of nitrogens with zero attached hydrogens (tertiary/aromatic N) is 4. The van der Waals surface area contributed by atoms with Crippen LogP contribution in [-0.2, 0) is 6.42 Å². The summed E-state index contributed by atoms with van der Waals surface area (Å²) in [4.78, 5) is 6.74. The Morgan fingerprint density at radius 3 is 2.79 bits per heavy atom. The lowest BCUT2D eigenvalue weighted by molar-refractivity contribution is 0.800. The summed E-state index contributed by atoms with van der Waals surface area (Å²) in [7, 11) is 0. The van der Waals surface area contributed by atoms with Crippen molar-refractivity contribution in [1.29, 1.82) is 0 Å². The molecule has 0 radical (unpaired) electrons. The minimum Gasteiger partial charge on any atom is -0.355 e. The molecule has 1 unspecified atom stereocenters. The average Bonchev–Trinajstić information content (AvgIpc) is 3.27. The molecule has 5 nitrogen and oxygen atoms in total.